The van der Waals surface area contributed by atoms with E-state index in [1.54, 1.807) is 6.42 Å². The zero-order valence-electron chi connectivity index (χ0n) is 8.32. The van der Waals surface area contributed by atoms with Crippen LogP contribution in [0.15, 0.2) is 0 Å². The smallest absolute Gasteiger partial charge is 0.174 e. The minimum absolute atomic E-state index is 0.0667. The van der Waals surface area contributed by atoms with E-state index in [0.717, 1.165) is 48.7 Å². The summed E-state index contributed by atoms with van der Waals surface area (Å²) in [5, 5.41) is 0. The molecule has 0 N–H and O–H groups in total. The highest BCUT2D eigenvalue weighted by Crippen LogP contribution is 2.78. The van der Waals surface area contributed by atoms with Crippen molar-refractivity contribution in [1.29, 1.82) is 0 Å². The van der Waals surface area contributed by atoms with Gasteiger partial charge in [-0.15, -0.1) is 0 Å². The van der Waals surface area contributed by atoms with Crippen LogP contribution in [0.5, 0.6) is 0 Å². The summed E-state index contributed by atoms with van der Waals surface area (Å²) in [6, 6.07) is 0. The van der Waals surface area contributed by atoms with Gasteiger partial charge in [-0.2, -0.15) is 0 Å². The Morgan fingerprint density at radius 1 is 0.857 bits per heavy atom. The van der Waals surface area contributed by atoms with Crippen LogP contribution >= 0.6 is 0 Å². The van der Waals surface area contributed by atoms with Crippen molar-refractivity contribution in [2.45, 2.75) is 25.0 Å². The second kappa shape index (κ2) is 1.92. The van der Waals surface area contributed by atoms with Crippen molar-refractivity contribution in [3.63, 3.8) is 0 Å². The fraction of sp³-hybridized carbons (Fsp3) is 1.00. The fourth-order valence-electron chi connectivity index (χ4n) is 5.62. The van der Waals surface area contributed by atoms with Crippen LogP contribution in [0.2, 0.25) is 0 Å². The predicted octanol–water partition coefficient (Wildman–Crippen LogP) is 1.65. The standard InChI is InChI=1S/C12H16O2/c1-2-14-12(13-1)8-4-6-3-7(5-8)10-9(6)11(10)12/h6-11H,1-5H2/t6-,7+,8?,9?,10?,11?. The first-order valence-corrected chi connectivity index (χ1v) is 6.18. The Labute approximate surface area is 84.0 Å². The molecule has 6 rings (SSSR count). The highest BCUT2D eigenvalue weighted by Gasteiger charge is 2.79. The lowest BCUT2D eigenvalue weighted by molar-refractivity contribution is -0.252. The number of rotatable bonds is 0. The average Bonchev–Trinajstić information content (AvgIpc) is 2.70. The van der Waals surface area contributed by atoms with Gasteiger partial charge in [0.2, 0.25) is 0 Å². The molecule has 4 bridgehead atoms. The van der Waals surface area contributed by atoms with Crippen LogP contribution in [-0.4, -0.2) is 19.0 Å². The molecule has 6 fully saturated rings. The molecule has 5 aliphatic carbocycles. The summed E-state index contributed by atoms with van der Waals surface area (Å²) in [6.07, 6.45) is 4.36. The van der Waals surface area contributed by atoms with Gasteiger partial charge in [0.05, 0.1) is 13.2 Å². The third-order valence-electron chi connectivity index (χ3n) is 5.77. The maximum absolute atomic E-state index is 6.02. The summed E-state index contributed by atoms with van der Waals surface area (Å²) < 4.78 is 12.0. The van der Waals surface area contributed by atoms with Gasteiger partial charge in [0.15, 0.2) is 5.79 Å². The van der Waals surface area contributed by atoms with Crippen molar-refractivity contribution < 1.29 is 9.47 Å². The van der Waals surface area contributed by atoms with Crippen molar-refractivity contribution in [3.05, 3.63) is 0 Å². The minimum Gasteiger partial charge on any atom is -0.347 e. The molecule has 0 radical (unpaired) electrons. The van der Waals surface area contributed by atoms with Gasteiger partial charge in [0.25, 0.3) is 0 Å². The Kier molecular flexibility index (Phi) is 0.992. The van der Waals surface area contributed by atoms with Crippen LogP contribution in [-0.2, 0) is 9.47 Å². The Morgan fingerprint density at radius 2 is 1.50 bits per heavy atom. The van der Waals surface area contributed by atoms with Crippen molar-refractivity contribution in [2.24, 2.45) is 35.5 Å². The Balaban J connectivity index is 1.66. The lowest BCUT2D eigenvalue weighted by Crippen LogP contribution is -2.51. The van der Waals surface area contributed by atoms with Gasteiger partial charge < -0.3 is 9.47 Å². The first-order valence-electron chi connectivity index (χ1n) is 6.18. The number of hydrogen-bond donors (Lipinski definition) is 0. The predicted molar refractivity (Wildman–Crippen MR) is 49.4 cm³/mol. The minimum atomic E-state index is -0.0667. The second-order valence-electron chi connectivity index (χ2n) is 6.02. The molecular formula is C12H16O2. The van der Waals surface area contributed by atoms with E-state index in [1.807, 2.05) is 0 Å². The molecule has 6 aliphatic rings. The first-order chi connectivity index (χ1) is 6.90. The van der Waals surface area contributed by atoms with E-state index >= 15 is 0 Å². The van der Waals surface area contributed by atoms with Crippen molar-refractivity contribution >= 4 is 0 Å². The Morgan fingerprint density at radius 3 is 2.14 bits per heavy atom. The summed E-state index contributed by atoms with van der Waals surface area (Å²) in [7, 11) is 0. The van der Waals surface area contributed by atoms with E-state index < -0.39 is 0 Å². The SMILES string of the molecule is C1COC2(O1)C1C[C@@H]3C[C@H](C1)C1C3C12. The number of ether oxygens (including phenoxy) is 2. The molecule has 4 unspecified atom stereocenters. The summed E-state index contributed by atoms with van der Waals surface area (Å²) in [6.45, 7) is 1.70. The highest BCUT2D eigenvalue weighted by atomic mass is 16.7. The van der Waals surface area contributed by atoms with Gasteiger partial charge in [-0.3, -0.25) is 0 Å². The van der Waals surface area contributed by atoms with Crippen LogP contribution in [0.3, 0.4) is 0 Å². The normalized spacial score (nSPS) is 65.1. The van der Waals surface area contributed by atoms with Gasteiger partial charge in [-0.05, 0) is 42.9 Å². The van der Waals surface area contributed by atoms with E-state index in [4.69, 9.17) is 9.47 Å². The molecular weight excluding hydrogens is 176 g/mol. The second-order valence-corrected chi connectivity index (χ2v) is 6.02. The van der Waals surface area contributed by atoms with Crippen molar-refractivity contribution in [1.82, 2.24) is 0 Å². The van der Waals surface area contributed by atoms with Crippen molar-refractivity contribution in [3.8, 4) is 0 Å². The molecule has 5 saturated carbocycles. The lowest BCUT2D eigenvalue weighted by Gasteiger charge is -2.49. The molecule has 2 heteroatoms. The molecule has 0 aromatic heterocycles. The zero-order chi connectivity index (χ0) is 8.91. The first kappa shape index (κ1) is 7.24. The molecule has 0 aromatic rings. The third-order valence-corrected chi connectivity index (χ3v) is 5.77. The Bertz CT molecular complexity index is 285. The largest absolute Gasteiger partial charge is 0.347 e. The Hall–Kier alpha value is -0.0800. The summed E-state index contributed by atoms with van der Waals surface area (Å²) in [5.74, 6) is 5.66. The van der Waals surface area contributed by atoms with Gasteiger partial charge in [-0.1, -0.05) is 0 Å². The van der Waals surface area contributed by atoms with Gasteiger partial charge >= 0.3 is 0 Å². The van der Waals surface area contributed by atoms with Crippen LogP contribution in [0, 0.1) is 35.5 Å². The fourth-order valence-corrected chi connectivity index (χ4v) is 5.62. The summed E-state index contributed by atoms with van der Waals surface area (Å²) in [4.78, 5) is 0. The van der Waals surface area contributed by atoms with E-state index in [-0.39, 0.29) is 5.79 Å². The number of hydrogen-bond acceptors (Lipinski definition) is 2. The molecule has 14 heavy (non-hydrogen) atoms. The highest BCUT2D eigenvalue weighted by molar-refractivity contribution is 5.23. The third kappa shape index (κ3) is 0.548. The van der Waals surface area contributed by atoms with Crippen LogP contribution < -0.4 is 0 Å². The van der Waals surface area contributed by atoms with Crippen molar-refractivity contribution in [2.75, 3.05) is 13.2 Å². The van der Waals surface area contributed by atoms with Crippen LogP contribution in [0.4, 0.5) is 0 Å². The average molecular weight is 192 g/mol. The maximum atomic E-state index is 6.02. The lowest BCUT2D eigenvalue weighted by atomic mass is 9.64. The van der Waals surface area contributed by atoms with Gasteiger partial charge in [-0.25, -0.2) is 0 Å². The molecule has 0 aromatic carbocycles. The monoisotopic (exact) mass is 192 g/mol. The van der Waals surface area contributed by atoms with Gasteiger partial charge in [0, 0.05) is 11.8 Å². The topological polar surface area (TPSA) is 18.5 Å². The molecule has 76 valence electrons. The molecule has 2 nitrogen and oxygen atoms in total. The van der Waals surface area contributed by atoms with E-state index in [1.165, 1.54) is 12.8 Å². The summed E-state index contributed by atoms with van der Waals surface area (Å²) >= 11 is 0. The maximum Gasteiger partial charge on any atom is 0.174 e. The quantitative estimate of drug-likeness (QED) is 0.581. The molecule has 1 saturated heterocycles. The van der Waals surface area contributed by atoms with E-state index in [9.17, 15) is 0 Å². The molecule has 6 atom stereocenters. The molecule has 1 spiro atoms. The molecule has 1 heterocycles. The summed E-state index contributed by atoms with van der Waals surface area (Å²) in [5.41, 5.74) is 0. The van der Waals surface area contributed by atoms with E-state index in [0.29, 0.717) is 0 Å². The van der Waals surface area contributed by atoms with Gasteiger partial charge in [0.1, 0.15) is 0 Å². The van der Waals surface area contributed by atoms with E-state index in [2.05, 4.69) is 0 Å². The zero-order valence-corrected chi connectivity index (χ0v) is 8.32. The van der Waals surface area contributed by atoms with Crippen LogP contribution in [0.25, 0.3) is 0 Å². The molecule has 1 aliphatic heterocycles. The molecule has 0 amide bonds. The van der Waals surface area contributed by atoms with Crippen LogP contribution in [0.1, 0.15) is 19.3 Å².